The fourth-order valence-electron chi connectivity index (χ4n) is 2.36. The van der Waals surface area contributed by atoms with Gasteiger partial charge < -0.3 is 4.74 Å². The molecule has 2 rings (SSSR count). The summed E-state index contributed by atoms with van der Waals surface area (Å²) in [6, 6.07) is 3.34. The number of halogens is 6. The summed E-state index contributed by atoms with van der Waals surface area (Å²) in [5, 5.41) is 0. The number of carbonyl (C=O) groups is 1. The van der Waals surface area contributed by atoms with Gasteiger partial charge in [0.2, 0.25) is 17.4 Å². The summed E-state index contributed by atoms with van der Waals surface area (Å²) in [7, 11) is -5.61. The van der Waals surface area contributed by atoms with E-state index in [9.17, 15) is 30.8 Å². The highest BCUT2D eigenvalue weighted by molar-refractivity contribution is 14.1. The van der Waals surface area contributed by atoms with Gasteiger partial charge in [-0.3, -0.25) is 4.55 Å². The van der Waals surface area contributed by atoms with Gasteiger partial charge in [0.1, 0.15) is 0 Å². The Balaban J connectivity index is 2.55. The van der Waals surface area contributed by atoms with Crippen LogP contribution in [-0.2, 0) is 10.1 Å². The van der Waals surface area contributed by atoms with Crippen LogP contribution in [0.1, 0.15) is 42.1 Å². The van der Waals surface area contributed by atoms with Crippen molar-refractivity contribution < 1.29 is 40.1 Å². The van der Waals surface area contributed by atoms with Crippen LogP contribution in [-0.4, -0.2) is 18.9 Å². The third kappa shape index (κ3) is 4.85. The number of ether oxygens (including phenoxy) is 1. The van der Waals surface area contributed by atoms with Crippen LogP contribution in [0, 0.1) is 30.4 Å². The molecule has 0 spiro atoms. The molecule has 29 heavy (non-hydrogen) atoms. The van der Waals surface area contributed by atoms with Crippen LogP contribution in [0.25, 0.3) is 0 Å². The van der Waals surface area contributed by atoms with E-state index in [2.05, 4.69) is 4.74 Å². The third-order valence-corrected chi connectivity index (χ3v) is 6.66. The van der Waals surface area contributed by atoms with Crippen molar-refractivity contribution in [3.05, 3.63) is 53.7 Å². The lowest BCUT2D eigenvalue weighted by molar-refractivity contribution is 0.0714. The van der Waals surface area contributed by atoms with Gasteiger partial charge in [-0.25, -0.2) is 13.6 Å². The number of benzene rings is 2. The van der Waals surface area contributed by atoms with Crippen LogP contribution in [0.3, 0.4) is 0 Å². The van der Waals surface area contributed by atoms with E-state index >= 15 is 0 Å². The Morgan fingerprint density at radius 2 is 1.52 bits per heavy atom. The molecule has 0 saturated carbocycles. The lowest BCUT2D eigenvalue weighted by Crippen LogP contribution is -2.18. The van der Waals surface area contributed by atoms with Crippen molar-refractivity contribution in [3.8, 4) is 5.75 Å². The molecule has 0 fully saturated rings. The molecule has 1 N–H and O–H groups in total. The molecule has 0 heterocycles. The molecule has 0 aliphatic rings. The van der Waals surface area contributed by atoms with Crippen molar-refractivity contribution >= 4 is 61.3 Å². The zero-order valence-electron chi connectivity index (χ0n) is 14.7. The maximum atomic E-state index is 14.1. The summed E-state index contributed by atoms with van der Waals surface area (Å²) in [6.07, 6.45) is 0.824. The van der Waals surface area contributed by atoms with Gasteiger partial charge >= 0.3 is 16.1 Å². The van der Waals surface area contributed by atoms with E-state index < -0.39 is 50.0 Å². The average molecular weight is 658 g/mol. The van der Waals surface area contributed by atoms with Crippen LogP contribution in [0.2, 0.25) is 0 Å². The zero-order chi connectivity index (χ0) is 22.3. The van der Waals surface area contributed by atoms with Crippen LogP contribution < -0.4 is 4.74 Å². The summed E-state index contributed by atoms with van der Waals surface area (Å²) in [5.41, 5.74) is 0.821. The van der Waals surface area contributed by atoms with Crippen LogP contribution in [0.5, 0.6) is 5.75 Å². The zero-order valence-corrected chi connectivity index (χ0v) is 19.8. The minimum absolute atomic E-state index is 0.0864. The molecule has 0 amide bonds. The van der Waals surface area contributed by atoms with E-state index in [0.717, 1.165) is 12.0 Å². The molecule has 12 heteroatoms. The fourth-order valence-corrected chi connectivity index (χ4v) is 5.25. The lowest BCUT2D eigenvalue weighted by atomic mass is 9.98. The predicted octanol–water partition coefficient (Wildman–Crippen LogP) is 5.43. The maximum Gasteiger partial charge on any atom is 0.345 e. The lowest BCUT2D eigenvalue weighted by Gasteiger charge is -2.15. The fraction of sp³-hybridized carbons (Fsp3) is 0.235. The smallest absolute Gasteiger partial charge is 0.345 e. The summed E-state index contributed by atoms with van der Waals surface area (Å²) in [6.45, 7) is 3.93. The Morgan fingerprint density at radius 3 is 1.90 bits per heavy atom. The molecule has 2 aromatic carbocycles. The highest BCUT2D eigenvalue weighted by Crippen LogP contribution is 2.34. The average Bonchev–Trinajstić information content (AvgIpc) is 2.61. The van der Waals surface area contributed by atoms with E-state index in [1.807, 2.05) is 59.0 Å². The first-order valence-corrected chi connectivity index (χ1v) is 11.4. The van der Waals surface area contributed by atoms with E-state index in [1.165, 1.54) is 0 Å². The molecule has 5 nitrogen and oxygen atoms in total. The van der Waals surface area contributed by atoms with Gasteiger partial charge in [0.15, 0.2) is 16.5 Å². The summed E-state index contributed by atoms with van der Waals surface area (Å²) in [5.74, 6) is -12.2. The van der Waals surface area contributed by atoms with Crippen molar-refractivity contribution in [1.82, 2.24) is 0 Å². The maximum absolute atomic E-state index is 14.1. The molecular formula is C17H12F4I2O5S. The Hall–Kier alpha value is -1.00. The summed E-state index contributed by atoms with van der Waals surface area (Å²) >= 11 is 3.62. The number of hydrogen-bond donors (Lipinski definition) is 1. The highest BCUT2D eigenvalue weighted by Gasteiger charge is 2.34. The molecule has 0 saturated heterocycles. The van der Waals surface area contributed by atoms with Gasteiger partial charge in [0.25, 0.3) is 0 Å². The molecule has 0 bridgehead atoms. The third-order valence-electron chi connectivity index (χ3n) is 4.09. The first-order valence-electron chi connectivity index (χ1n) is 7.85. The van der Waals surface area contributed by atoms with Crippen LogP contribution in [0.4, 0.5) is 17.6 Å². The van der Waals surface area contributed by atoms with Crippen LogP contribution in [0.15, 0.2) is 17.0 Å². The molecular weight excluding hydrogens is 646 g/mol. The normalized spacial score (nSPS) is 12.7. The van der Waals surface area contributed by atoms with Gasteiger partial charge in [-0.05, 0) is 75.2 Å². The van der Waals surface area contributed by atoms with Gasteiger partial charge in [0.05, 0.1) is 5.56 Å². The second-order valence-electron chi connectivity index (χ2n) is 5.95. The van der Waals surface area contributed by atoms with Gasteiger partial charge in [-0.2, -0.15) is 17.2 Å². The monoisotopic (exact) mass is 658 g/mol. The summed E-state index contributed by atoms with van der Waals surface area (Å²) in [4.78, 5) is 10.2. The minimum atomic E-state index is -5.61. The Labute approximate surface area is 190 Å². The van der Waals surface area contributed by atoms with E-state index in [1.54, 1.807) is 12.1 Å². The molecule has 0 radical (unpaired) electrons. The van der Waals surface area contributed by atoms with Crippen LogP contribution >= 0.6 is 45.2 Å². The Kier molecular flexibility index (Phi) is 7.54. The predicted molar refractivity (Wildman–Crippen MR) is 112 cm³/mol. The van der Waals surface area contributed by atoms with Crippen molar-refractivity contribution in [2.75, 3.05) is 0 Å². The number of carbonyl (C=O) groups excluding carboxylic acids is 1. The first kappa shape index (κ1) is 24.3. The quantitative estimate of drug-likeness (QED) is 0.116. The largest absolute Gasteiger partial charge is 0.416 e. The standard InChI is InChI=1S/C17H12F4I2O5S/c1-3-6(2)7-4-8(22)10(9(23)5-7)17(24)28-15-11(18)13(20)16(29(25,26)27)14(21)12(15)19/h4-6H,3H2,1-2H3,(H,25,26,27). The number of esters is 1. The highest BCUT2D eigenvalue weighted by atomic mass is 127. The number of rotatable bonds is 5. The van der Waals surface area contributed by atoms with Crippen molar-refractivity contribution in [3.63, 3.8) is 0 Å². The molecule has 0 aliphatic carbocycles. The Bertz CT molecular complexity index is 1050. The van der Waals surface area contributed by atoms with Gasteiger partial charge in [-0.15, -0.1) is 0 Å². The van der Waals surface area contributed by atoms with Gasteiger partial charge in [-0.1, -0.05) is 13.8 Å². The second kappa shape index (κ2) is 9.01. The first-order chi connectivity index (χ1) is 13.3. The van der Waals surface area contributed by atoms with E-state index in [-0.39, 0.29) is 11.5 Å². The van der Waals surface area contributed by atoms with Crippen molar-refractivity contribution in [1.29, 1.82) is 0 Å². The van der Waals surface area contributed by atoms with Crippen molar-refractivity contribution in [2.45, 2.75) is 31.1 Å². The van der Waals surface area contributed by atoms with Gasteiger partial charge in [0, 0.05) is 7.14 Å². The molecule has 158 valence electrons. The molecule has 2 aromatic rings. The second-order valence-corrected chi connectivity index (χ2v) is 9.63. The van der Waals surface area contributed by atoms with E-state index in [4.69, 9.17) is 4.55 Å². The molecule has 0 aromatic heterocycles. The molecule has 1 unspecified atom stereocenters. The topological polar surface area (TPSA) is 80.7 Å². The SMILES string of the molecule is CCC(C)c1cc(I)c(C(=O)Oc2c(F)c(F)c(S(=O)(=O)O)c(F)c2F)c(I)c1. The van der Waals surface area contributed by atoms with E-state index in [0.29, 0.717) is 7.14 Å². The number of hydrogen-bond acceptors (Lipinski definition) is 4. The Morgan fingerprint density at radius 1 is 1.07 bits per heavy atom. The summed E-state index contributed by atoms with van der Waals surface area (Å²) < 4.78 is 91.9. The molecule has 0 aliphatic heterocycles. The minimum Gasteiger partial charge on any atom is -0.416 e. The molecule has 1 atom stereocenters. The van der Waals surface area contributed by atoms with Crippen molar-refractivity contribution in [2.24, 2.45) is 0 Å².